The fraction of sp³-hybridized carbons (Fsp3) is 0.423. The van der Waals surface area contributed by atoms with E-state index in [4.69, 9.17) is 19.2 Å². The second-order valence-electron chi connectivity index (χ2n) is 8.85. The maximum Gasteiger partial charge on any atom is 0.242 e. The van der Waals surface area contributed by atoms with Gasteiger partial charge in [-0.2, -0.15) is 4.37 Å². The van der Waals surface area contributed by atoms with Crippen LogP contribution >= 0.6 is 11.5 Å². The maximum absolute atomic E-state index is 13.3. The molecule has 0 atom stereocenters. The van der Waals surface area contributed by atoms with Gasteiger partial charge in [-0.1, -0.05) is 42.5 Å². The molecule has 9 heteroatoms. The highest BCUT2D eigenvalue weighted by Crippen LogP contribution is 2.31. The lowest BCUT2D eigenvalue weighted by Gasteiger charge is -2.38. The van der Waals surface area contributed by atoms with Crippen molar-refractivity contribution < 1.29 is 19.0 Å². The molecule has 184 valence electrons. The van der Waals surface area contributed by atoms with Crippen molar-refractivity contribution in [1.29, 1.82) is 0 Å². The number of ether oxygens (including phenoxy) is 3. The zero-order valence-electron chi connectivity index (χ0n) is 19.9. The Hall–Kier alpha value is -3.01. The smallest absolute Gasteiger partial charge is 0.242 e. The Labute approximate surface area is 209 Å². The highest BCUT2D eigenvalue weighted by Gasteiger charge is 2.40. The first-order valence-corrected chi connectivity index (χ1v) is 12.7. The first kappa shape index (κ1) is 23.7. The summed E-state index contributed by atoms with van der Waals surface area (Å²) < 4.78 is 21.5. The predicted molar refractivity (Wildman–Crippen MR) is 134 cm³/mol. The number of anilines is 1. The van der Waals surface area contributed by atoms with Gasteiger partial charge in [0, 0.05) is 50.4 Å². The summed E-state index contributed by atoms with van der Waals surface area (Å²) in [6.45, 7) is 3.37. The number of likely N-dealkylation sites (tertiary alicyclic amines) is 1. The number of methoxy groups -OCH3 is 1. The second kappa shape index (κ2) is 10.7. The zero-order valence-corrected chi connectivity index (χ0v) is 20.7. The minimum atomic E-state index is -0.491. The molecule has 2 fully saturated rings. The molecule has 2 saturated heterocycles. The first-order valence-electron chi connectivity index (χ1n) is 11.9. The monoisotopic (exact) mass is 494 g/mol. The zero-order chi connectivity index (χ0) is 24.1. The van der Waals surface area contributed by atoms with Crippen LogP contribution in [0.15, 0.2) is 54.6 Å². The van der Waals surface area contributed by atoms with E-state index in [0.717, 1.165) is 27.8 Å². The number of nitrogens with zero attached hydrogens (tertiary/aromatic N) is 4. The van der Waals surface area contributed by atoms with E-state index in [1.807, 2.05) is 52.3 Å². The molecule has 1 aromatic heterocycles. The van der Waals surface area contributed by atoms with Crippen molar-refractivity contribution in [1.82, 2.24) is 14.3 Å². The number of aromatic nitrogens is 2. The van der Waals surface area contributed by atoms with Crippen molar-refractivity contribution in [3.8, 4) is 5.75 Å². The molecular weight excluding hydrogens is 464 g/mol. The van der Waals surface area contributed by atoms with Gasteiger partial charge in [-0.15, -0.1) is 0 Å². The number of carbonyl (C=O) groups is 1. The summed E-state index contributed by atoms with van der Waals surface area (Å²) in [7, 11) is 1.66. The van der Waals surface area contributed by atoms with E-state index < -0.39 is 5.79 Å². The van der Waals surface area contributed by atoms with Crippen LogP contribution in [0.2, 0.25) is 0 Å². The van der Waals surface area contributed by atoms with Crippen LogP contribution in [-0.2, 0) is 27.2 Å². The van der Waals surface area contributed by atoms with Gasteiger partial charge in [-0.05, 0) is 23.3 Å². The number of benzene rings is 2. The van der Waals surface area contributed by atoms with E-state index in [1.165, 1.54) is 11.5 Å². The normalized spacial score (nSPS) is 17.0. The van der Waals surface area contributed by atoms with E-state index in [2.05, 4.69) is 16.5 Å². The Kier molecular flexibility index (Phi) is 7.26. The average Bonchev–Trinajstić information content (AvgIpc) is 3.55. The number of hydrogen-bond donors (Lipinski definition) is 0. The highest BCUT2D eigenvalue weighted by atomic mass is 32.1. The van der Waals surface area contributed by atoms with Gasteiger partial charge in [0.25, 0.3) is 0 Å². The van der Waals surface area contributed by atoms with Crippen molar-refractivity contribution in [2.45, 2.75) is 31.6 Å². The van der Waals surface area contributed by atoms with Crippen molar-refractivity contribution in [3.63, 3.8) is 0 Å². The molecule has 8 nitrogen and oxygen atoms in total. The first-order chi connectivity index (χ1) is 17.1. The van der Waals surface area contributed by atoms with Crippen LogP contribution in [0.3, 0.4) is 0 Å². The van der Waals surface area contributed by atoms with Crippen LogP contribution in [-0.4, -0.2) is 65.9 Å². The average molecular weight is 495 g/mol. The summed E-state index contributed by atoms with van der Waals surface area (Å²) in [6, 6.07) is 18.1. The minimum Gasteiger partial charge on any atom is -0.497 e. The van der Waals surface area contributed by atoms with E-state index in [-0.39, 0.29) is 12.5 Å². The fourth-order valence-corrected chi connectivity index (χ4v) is 5.23. The largest absolute Gasteiger partial charge is 0.497 e. The van der Waals surface area contributed by atoms with E-state index >= 15 is 0 Å². The lowest BCUT2D eigenvalue weighted by molar-refractivity contribution is -0.187. The lowest BCUT2D eigenvalue weighted by Crippen LogP contribution is -2.49. The molecule has 2 aromatic carbocycles. The molecule has 0 bridgehead atoms. The molecule has 0 radical (unpaired) electrons. The molecule has 0 saturated carbocycles. The molecule has 5 rings (SSSR count). The Morgan fingerprint density at radius 1 is 1.09 bits per heavy atom. The number of piperidine rings is 1. The van der Waals surface area contributed by atoms with Crippen molar-refractivity contribution in [3.05, 3.63) is 71.5 Å². The van der Waals surface area contributed by atoms with E-state index in [9.17, 15) is 4.79 Å². The summed E-state index contributed by atoms with van der Waals surface area (Å²) in [5, 5.41) is 0.746. The molecule has 0 unspecified atom stereocenters. The fourth-order valence-electron chi connectivity index (χ4n) is 4.55. The summed E-state index contributed by atoms with van der Waals surface area (Å²) in [4.78, 5) is 22.0. The van der Waals surface area contributed by atoms with Crippen LogP contribution in [0.25, 0.3) is 0 Å². The van der Waals surface area contributed by atoms with Gasteiger partial charge < -0.3 is 24.0 Å². The molecule has 35 heavy (non-hydrogen) atoms. The van der Waals surface area contributed by atoms with Crippen LogP contribution in [0.5, 0.6) is 5.75 Å². The van der Waals surface area contributed by atoms with Crippen molar-refractivity contribution in [2.75, 3.05) is 44.9 Å². The molecule has 2 aliphatic heterocycles. The number of rotatable bonds is 8. The van der Waals surface area contributed by atoms with Gasteiger partial charge >= 0.3 is 0 Å². The molecule has 0 aliphatic carbocycles. The molecule has 1 amide bonds. The molecule has 3 aromatic rings. The number of carbonyl (C=O) groups excluding carboxylic acids is 1. The Morgan fingerprint density at radius 2 is 1.83 bits per heavy atom. The third-order valence-electron chi connectivity index (χ3n) is 6.46. The van der Waals surface area contributed by atoms with Gasteiger partial charge in [0.05, 0.1) is 26.9 Å². The third kappa shape index (κ3) is 5.80. The Morgan fingerprint density at radius 3 is 2.57 bits per heavy atom. The highest BCUT2D eigenvalue weighted by molar-refractivity contribution is 7.09. The Bertz CT molecular complexity index is 1120. The summed E-state index contributed by atoms with van der Waals surface area (Å²) >= 11 is 1.33. The molecule has 0 N–H and O–H groups in total. The van der Waals surface area contributed by atoms with Crippen LogP contribution in [0, 0.1) is 0 Å². The topological polar surface area (TPSA) is 77.0 Å². The van der Waals surface area contributed by atoms with Crippen molar-refractivity contribution in [2.24, 2.45) is 0 Å². The van der Waals surface area contributed by atoms with E-state index in [0.29, 0.717) is 52.1 Å². The van der Waals surface area contributed by atoms with Crippen LogP contribution < -0.4 is 9.64 Å². The number of amides is 1. The quantitative estimate of drug-likeness (QED) is 0.474. The minimum absolute atomic E-state index is 0.0818. The van der Waals surface area contributed by atoms with Gasteiger partial charge in [0.1, 0.15) is 11.6 Å². The van der Waals surface area contributed by atoms with Gasteiger partial charge in [-0.25, -0.2) is 4.98 Å². The van der Waals surface area contributed by atoms with Crippen LogP contribution in [0.4, 0.5) is 5.13 Å². The maximum atomic E-state index is 13.3. The molecular formula is C26H30N4O4S. The van der Waals surface area contributed by atoms with Crippen LogP contribution in [0.1, 0.15) is 29.8 Å². The summed E-state index contributed by atoms with van der Waals surface area (Å²) in [5.74, 6) is 1.14. The second-order valence-corrected chi connectivity index (χ2v) is 9.58. The van der Waals surface area contributed by atoms with Gasteiger partial charge in [0.2, 0.25) is 11.0 Å². The summed E-state index contributed by atoms with van der Waals surface area (Å²) in [6.07, 6.45) is 2.02. The predicted octanol–water partition coefficient (Wildman–Crippen LogP) is 3.51. The molecule has 1 spiro atoms. The SMILES string of the molecule is COc1cccc(Cc2nsc(N(CC(=O)N3CCC4(CC3)OCCO4)Cc3ccccc3)n2)c1. The molecule has 3 heterocycles. The Balaban J connectivity index is 1.28. The summed E-state index contributed by atoms with van der Waals surface area (Å²) in [5.41, 5.74) is 2.20. The standard InChI is InChI=1S/C26H30N4O4S/c1-32-22-9-5-8-21(16-22)17-23-27-25(35-28-23)30(18-20-6-3-2-4-7-20)19-24(31)29-12-10-26(11-13-29)33-14-15-34-26/h2-9,16H,10-15,17-19H2,1H3. The van der Waals surface area contributed by atoms with E-state index in [1.54, 1.807) is 7.11 Å². The lowest BCUT2D eigenvalue weighted by atomic mass is 10.0. The number of hydrogen-bond acceptors (Lipinski definition) is 8. The third-order valence-corrected chi connectivity index (χ3v) is 7.27. The van der Waals surface area contributed by atoms with Gasteiger partial charge in [-0.3, -0.25) is 4.79 Å². The van der Waals surface area contributed by atoms with Gasteiger partial charge in [0.15, 0.2) is 5.79 Å². The molecule has 2 aliphatic rings. The van der Waals surface area contributed by atoms with Crippen molar-refractivity contribution >= 4 is 22.6 Å².